The molecule has 4 atom stereocenters. The minimum atomic E-state index is -0.716. The van der Waals surface area contributed by atoms with Crippen LogP contribution in [0, 0.1) is 0 Å². The van der Waals surface area contributed by atoms with Gasteiger partial charge in [-0.05, 0) is 27.7 Å². The number of aliphatic hydroxyl groups is 2. The molecule has 0 saturated carbocycles. The maximum Gasteiger partial charge on any atom is 0.119 e. The molecule has 0 aromatic carbocycles. The minimum absolute atomic E-state index is 0.0636. The standard InChI is InChI=1S/C8H16O2S2/c1-5-7(3,9)12-6(2)8(4,10)11-5/h5-6,9-10H,1-4H3. The number of thioether (sulfide) groups is 2. The van der Waals surface area contributed by atoms with E-state index in [1.165, 1.54) is 23.5 Å². The van der Waals surface area contributed by atoms with E-state index in [0.29, 0.717) is 0 Å². The number of rotatable bonds is 0. The van der Waals surface area contributed by atoms with E-state index < -0.39 is 9.87 Å². The Morgan fingerprint density at radius 3 is 1.42 bits per heavy atom. The molecule has 4 heteroatoms. The average molecular weight is 208 g/mol. The van der Waals surface area contributed by atoms with E-state index in [9.17, 15) is 10.2 Å². The predicted molar refractivity (Wildman–Crippen MR) is 55.4 cm³/mol. The Morgan fingerprint density at radius 2 is 1.17 bits per heavy atom. The van der Waals surface area contributed by atoms with Gasteiger partial charge in [-0.1, -0.05) is 0 Å². The molecule has 2 N–H and O–H groups in total. The van der Waals surface area contributed by atoms with Crippen molar-refractivity contribution in [2.75, 3.05) is 0 Å². The van der Waals surface area contributed by atoms with Crippen LogP contribution in [0.25, 0.3) is 0 Å². The first-order valence-electron chi connectivity index (χ1n) is 4.06. The second kappa shape index (κ2) is 3.08. The van der Waals surface area contributed by atoms with Crippen molar-refractivity contribution in [3.8, 4) is 0 Å². The van der Waals surface area contributed by atoms with Crippen molar-refractivity contribution in [3.63, 3.8) is 0 Å². The van der Waals surface area contributed by atoms with E-state index in [-0.39, 0.29) is 10.5 Å². The second-order valence-electron chi connectivity index (χ2n) is 3.63. The third-order valence-corrected chi connectivity index (χ3v) is 5.92. The van der Waals surface area contributed by atoms with E-state index in [1.54, 1.807) is 13.8 Å². The summed E-state index contributed by atoms with van der Waals surface area (Å²) in [6, 6.07) is 0. The maximum absolute atomic E-state index is 9.88. The van der Waals surface area contributed by atoms with Gasteiger partial charge in [-0.15, -0.1) is 23.5 Å². The first kappa shape index (κ1) is 10.7. The van der Waals surface area contributed by atoms with Gasteiger partial charge in [0, 0.05) is 10.5 Å². The molecule has 0 aromatic rings. The molecule has 0 spiro atoms. The molecule has 1 aliphatic heterocycles. The summed E-state index contributed by atoms with van der Waals surface area (Å²) in [7, 11) is 0. The molecular formula is C8H16O2S2. The van der Waals surface area contributed by atoms with Crippen molar-refractivity contribution in [1.29, 1.82) is 0 Å². The molecular weight excluding hydrogens is 192 g/mol. The maximum atomic E-state index is 9.88. The van der Waals surface area contributed by atoms with Crippen molar-refractivity contribution in [2.24, 2.45) is 0 Å². The molecule has 0 bridgehead atoms. The van der Waals surface area contributed by atoms with E-state index in [4.69, 9.17) is 0 Å². The average Bonchev–Trinajstić information content (AvgIpc) is 1.82. The first-order valence-corrected chi connectivity index (χ1v) is 5.82. The fourth-order valence-electron chi connectivity index (χ4n) is 1.13. The van der Waals surface area contributed by atoms with Gasteiger partial charge in [-0.3, -0.25) is 0 Å². The van der Waals surface area contributed by atoms with Gasteiger partial charge in [-0.25, -0.2) is 0 Å². The van der Waals surface area contributed by atoms with E-state index in [0.717, 1.165) is 0 Å². The largest absolute Gasteiger partial charge is 0.379 e. The summed E-state index contributed by atoms with van der Waals surface area (Å²) in [5, 5.41) is 19.9. The molecule has 1 saturated heterocycles. The van der Waals surface area contributed by atoms with Crippen LogP contribution in [0.4, 0.5) is 0 Å². The van der Waals surface area contributed by atoms with Gasteiger partial charge in [0.2, 0.25) is 0 Å². The zero-order chi connectivity index (χ0) is 9.57. The third kappa shape index (κ3) is 1.92. The molecule has 1 heterocycles. The molecule has 2 nitrogen and oxygen atoms in total. The Kier molecular flexibility index (Phi) is 2.75. The predicted octanol–water partition coefficient (Wildman–Crippen LogP) is 1.66. The fourth-order valence-corrected chi connectivity index (χ4v) is 4.00. The van der Waals surface area contributed by atoms with Gasteiger partial charge in [0.15, 0.2) is 0 Å². The zero-order valence-electron chi connectivity index (χ0n) is 7.87. The monoisotopic (exact) mass is 208 g/mol. The van der Waals surface area contributed by atoms with Gasteiger partial charge in [0.05, 0.1) is 0 Å². The quantitative estimate of drug-likeness (QED) is 0.635. The van der Waals surface area contributed by atoms with Gasteiger partial charge in [0.1, 0.15) is 9.87 Å². The smallest absolute Gasteiger partial charge is 0.119 e. The van der Waals surface area contributed by atoms with Crippen LogP contribution < -0.4 is 0 Å². The molecule has 0 radical (unpaired) electrons. The van der Waals surface area contributed by atoms with Crippen LogP contribution in [0.15, 0.2) is 0 Å². The molecule has 12 heavy (non-hydrogen) atoms. The third-order valence-electron chi connectivity index (χ3n) is 2.34. The number of hydrogen-bond acceptors (Lipinski definition) is 4. The van der Waals surface area contributed by atoms with Crippen molar-refractivity contribution >= 4 is 23.5 Å². The number of hydrogen-bond donors (Lipinski definition) is 2. The van der Waals surface area contributed by atoms with Crippen LogP contribution >= 0.6 is 23.5 Å². The Bertz CT molecular complexity index is 160. The topological polar surface area (TPSA) is 40.5 Å². The molecule has 72 valence electrons. The van der Waals surface area contributed by atoms with Crippen molar-refractivity contribution in [2.45, 2.75) is 48.1 Å². The SMILES string of the molecule is CC1SC(C)(O)C(C)SC1(C)O. The van der Waals surface area contributed by atoms with E-state index in [2.05, 4.69) is 0 Å². The van der Waals surface area contributed by atoms with E-state index in [1.807, 2.05) is 13.8 Å². The lowest BCUT2D eigenvalue weighted by Gasteiger charge is -2.45. The van der Waals surface area contributed by atoms with Gasteiger partial charge in [0.25, 0.3) is 0 Å². The van der Waals surface area contributed by atoms with Gasteiger partial charge in [-0.2, -0.15) is 0 Å². The summed E-state index contributed by atoms with van der Waals surface area (Å²) < 4.78 is 0. The lowest BCUT2D eigenvalue weighted by molar-refractivity contribution is 0.124. The van der Waals surface area contributed by atoms with Crippen molar-refractivity contribution < 1.29 is 10.2 Å². The molecule has 0 aliphatic carbocycles. The van der Waals surface area contributed by atoms with Gasteiger partial charge >= 0.3 is 0 Å². The van der Waals surface area contributed by atoms with Crippen LogP contribution in [0.1, 0.15) is 27.7 Å². The Balaban J connectivity index is 2.76. The molecule has 4 unspecified atom stereocenters. The molecule has 1 fully saturated rings. The highest BCUT2D eigenvalue weighted by atomic mass is 32.2. The molecule has 1 rings (SSSR count). The minimum Gasteiger partial charge on any atom is -0.379 e. The Labute approximate surface area is 82.1 Å². The second-order valence-corrected chi connectivity index (χ2v) is 7.17. The van der Waals surface area contributed by atoms with Crippen LogP contribution in [0.5, 0.6) is 0 Å². The summed E-state index contributed by atoms with van der Waals surface area (Å²) >= 11 is 2.89. The first-order chi connectivity index (χ1) is 5.26. The summed E-state index contributed by atoms with van der Waals surface area (Å²) in [5.41, 5.74) is 0. The molecule has 0 aromatic heterocycles. The van der Waals surface area contributed by atoms with E-state index >= 15 is 0 Å². The highest BCUT2D eigenvalue weighted by molar-refractivity contribution is 8.08. The molecule has 1 aliphatic rings. The summed E-state index contributed by atoms with van der Waals surface area (Å²) in [6.07, 6.45) is 0. The zero-order valence-corrected chi connectivity index (χ0v) is 9.50. The summed E-state index contributed by atoms with van der Waals surface area (Å²) in [4.78, 5) is -1.43. The van der Waals surface area contributed by atoms with Crippen LogP contribution in [0.3, 0.4) is 0 Å². The highest BCUT2D eigenvalue weighted by Gasteiger charge is 2.46. The van der Waals surface area contributed by atoms with Crippen molar-refractivity contribution in [3.05, 3.63) is 0 Å². The lowest BCUT2D eigenvalue weighted by atomic mass is 10.3. The summed E-state index contributed by atoms with van der Waals surface area (Å²) in [5.74, 6) is 0. The Morgan fingerprint density at radius 1 is 0.917 bits per heavy atom. The normalized spacial score (nSPS) is 55.5. The Hall–Kier alpha value is 0.620. The van der Waals surface area contributed by atoms with Gasteiger partial charge < -0.3 is 10.2 Å². The summed E-state index contributed by atoms with van der Waals surface area (Å²) in [6.45, 7) is 7.50. The fraction of sp³-hybridized carbons (Fsp3) is 1.00. The van der Waals surface area contributed by atoms with Crippen LogP contribution in [-0.4, -0.2) is 30.6 Å². The van der Waals surface area contributed by atoms with Crippen LogP contribution in [-0.2, 0) is 0 Å². The molecule has 0 amide bonds. The highest BCUT2D eigenvalue weighted by Crippen LogP contribution is 2.50. The van der Waals surface area contributed by atoms with Crippen LogP contribution in [0.2, 0.25) is 0 Å². The van der Waals surface area contributed by atoms with Crippen molar-refractivity contribution in [1.82, 2.24) is 0 Å². The lowest BCUT2D eigenvalue weighted by Crippen LogP contribution is -2.47.